The van der Waals surface area contributed by atoms with Gasteiger partial charge in [-0.15, -0.1) is 0 Å². The molecule has 0 radical (unpaired) electrons. The van der Waals surface area contributed by atoms with Crippen molar-refractivity contribution in [2.24, 2.45) is 5.92 Å². The number of amides is 1. The van der Waals surface area contributed by atoms with Gasteiger partial charge < -0.3 is 15.2 Å². The molecule has 0 saturated carbocycles. The van der Waals surface area contributed by atoms with Crippen molar-refractivity contribution in [2.45, 2.75) is 46.0 Å². The SMILES string of the molecule is Cc1ccc(NC(=O)C(C)C)cc1CCN1CCC(c2c[nH]c3ccc(F)cc23)CC1. The molecule has 4 rings (SSSR count). The van der Waals surface area contributed by atoms with Gasteiger partial charge in [-0.2, -0.15) is 0 Å². The summed E-state index contributed by atoms with van der Waals surface area (Å²) < 4.78 is 13.7. The first-order chi connectivity index (χ1) is 14.9. The van der Waals surface area contributed by atoms with E-state index in [1.807, 2.05) is 26.0 Å². The van der Waals surface area contributed by atoms with Crippen LogP contribution >= 0.6 is 0 Å². The van der Waals surface area contributed by atoms with Crippen molar-refractivity contribution in [1.82, 2.24) is 9.88 Å². The van der Waals surface area contributed by atoms with E-state index in [1.165, 1.54) is 22.8 Å². The highest BCUT2D eigenvalue weighted by Crippen LogP contribution is 2.33. The highest BCUT2D eigenvalue weighted by Gasteiger charge is 2.23. The maximum Gasteiger partial charge on any atom is 0.226 e. The summed E-state index contributed by atoms with van der Waals surface area (Å²) in [7, 11) is 0. The third-order valence-electron chi connectivity index (χ3n) is 6.54. The zero-order chi connectivity index (χ0) is 22.0. The number of H-pyrrole nitrogens is 1. The summed E-state index contributed by atoms with van der Waals surface area (Å²) in [4.78, 5) is 17.8. The number of carbonyl (C=O) groups is 1. The molecular formula is C26H32FN3O. The second-order valence-electron chi connectivity index (χ2n) is 9.09. The predicted octanol–water partition coefficient (Wildman–Crippen LogP) is 5.63. The molecule has 31 heavy (non-hydrogen) atoms. The van der Waals surface area contributed by atoms with Crippen LogP contribution in [0.25, 0.3) is 10.9 Å². The Morgan fingerprint density at radius 2 is 1.97 bits per heavy atom. The fourth-order valence-corrected chi connectivity index (χ4v) is 4.50. The predicted molar refractivity (Wildman–Crippen MR) is 125 cm³/mol. The lowest BCUT2D eigenvalue weighted by Crippen LogP contribution is -2.34. The Balaban J connectivity index is 1.34. The number of nitrogens with one attached hydrogen (secondary N) is 2. The number of aryl methyl sites for hydroxylation is 1. The zero-order valence-corrected chi connectivity index (χ0v) is 18.7. The van der Waals surface area contributed by atoms with Crippen LogP contribution in [0, 0.1) is 18.7 Å². The molecule has 2 aromatic carbocycles. The molecule has 1 amide bonds. The number of aromatic nitrogens is 1. The number of hydrogen-bond acceptors (Lipinski definition) is 2. The van der Waals surface area contributed by atoms with Crippen molar-refractivity contribution < 1.29 is 9.18 Å². The number of benzene rings is 2. The quantitative estimate of drug-likeness (QED) is 0.542. The van der Waals surface area contributed by atoms with Crippen molar-refractivity contribution in [3.8, 4) is 0 Å². The molecule has 0 aliphatic carbocycles. The fraction of sp³-hybridized carbons (Fsp3) is 0.423. The van der Waals surface area contributed by atoms with E-state index in [9.17, 15) is 9.18 Å². The van der Waals surface area contributed by atoms with Gasteiger partial charge in [0.05, 0.1) is 0 Å². The smallest absolute Gasteiger partial charge is 0.226 e. The van der Waals surface area contributed by atoms with E-state index in [-0.39, 0.29) is 17.6 Å². The number of hydrogen-bond donors (Lipinski definition) is 2. The van der Waals surface area contributed by atoms with Crippen LogP contribution in [0.3, 0.4) is 0 Å². The Labute approximate surface area is 183 Å². The monoisotopic (exact) mass is 421 g/mol. The van der Waals surface area contributed by atoms with E-state index in [2.05, 4.69) is 40.5 Å². The van der Waals surface area contributed by atoms with Crippen molar-refractivity contribution in [3.63, 3.8) is 0 Å². The molecular weight excluding hydrogens is 389 g/mol. The van der Waals surface area contributed by atoms with Crippen LogP contribution in [0.15, 0.2) is 42.6 Å². The van der Waals surface area contributed by atoms with Gasteiger partial charge in [-0.05, 0) is 92.2 Å². The van der Waals surface area contributed by atoms with Gasteiger partial charge >= 0.3 is 0 Å². The molecule has 1 fully saturated rings. The van der Waals surface area contributed by atoms with Gasteiger partial charge in [-0.25, -0.2) is 4.39 Å². The Kier molecular flexibility index (Phi) is 6.42. The molecule has 3 aromatic rings. The van der Waals surface area contributed by atoms with Crippen molar-refractivity contribution >= 4 is 22.5 Å². The minimum atomic E-state index is -0.173. The van der Waals surface area contributed by atoms with Gasteiger partial charge in [0, 0.05) is 35.2 Å². The van der Waals surface area contributed by atoms with Gasteiger partial charge in [0.15, 0.2) is 0 Å². The molecule has 1 aromatic heterocycles. The maximum atomic E-state index is 13.7. The van der Waals surface area contributed by atoms with Crippen molar-refractivity contribution in [3.05, 3.63) is 65.1 Å². The Morgan fingerprint density at radius 1 is 1.19 bits per heavy atom. The third kappa shape index (κ3) is 4.99. The van der Waals surface area contributed by atoms with Gasteiger partial charge in [0.2, 0.25) is 5.91 Å². The summed E-state index contributed by atoms with van der Waals surface area (Å²) in [5.41, 5.74) is 5.69. The summed E-state index contributed by atoms with van der Waals surface area (Å²) >= 11 is 0. The third-order valence-corrected chi connectivity index (χ3v) is 6.54. The zero-order valence-electron chi connectivity index (χ0n) is 18.7. The lowest BCUT2D eigenvalue weighted by Gasteiger charge is -2.32. The lowest BCUT2D eigenvalue weighted by molar-refractivity contribution is -0.118. The van der Waals surface area contributed by atoms with E-state index in [0.717, 1.165) is 55.5 Å². The molecule has 5 heteroatoms. The fourth-order valence-electron chi connectivity index (χ4n) is 4.50. The molecule has 0 spiro atoms. The molecule has 0 bridgehead atoms. The highest BCUT2D eigenvalue weighted by atomic mass is 19.1. The van der Waals surface area contributed by atoms with Crippen molar-refractivity contribution in [2.75, 3.05) is 25.0 Å². The van der Waals surface area contributed by atoms with Gasteiger partial charge in [-0.3, -0.25) is 4.79 Å². The molecule has 1 aliphatic heterocycles. The van der Waals surface area contributed by atoms with Gasteiger partial charge in [0.1, 0.15) is 5.82 Å². The molecule has 4 nitrogen and oxygen atoms in total. The molecule has 1 aliphatic rings. The number of anilines is 1. The molecule has 164 valence electrons. The van der Waals surface area contributed by atoms with Crippen LogP contribution in [0.4, 0.5) is 10.1 Å². The van der Waals surface area contributed by atoms with Gasteiger partial charge in [0.25, 0.3) is 0 Å². The first-order valence-electron chi connectivity index (χ1n) is 11.3. The maximum absolute atomic E-state index is 13.7. The number of rotatable bonds is 6. The summed E-state index contributed by atoms with van der Waals surface area (Å²) in [6.07, 6.45) is 5.21. The normalized spacial score (nSPS) is 15.6. The molecule has 0 atom stereocenters. The van der Waals surface area contributed by atoms with E-state index in [4.69, 9.17) is 0 Å². The highest BCUT2D eigenvalue weighted by molar-refractivity contribution is 5.92. The van der Waals surface area contributed by atoms with Crippen LogP contribution in [0.5, 0.6) is 0 Å². The van der Waals surface area contributed by atoms with Crippen LogP contribution in [0.2, 0.25) is 0 Å². The molecule has 0 unspecified atom stereocenters. The first kappa shape index (κ1) is 21.6. The number of likely N-dealkylation sites (tertiary alicyclic amines) is 1. The number of aromatic amines is 1. The molecule has 1 saturated heterocycles. The van der Waals surface area contributed by atoms with E-state index < -0.39 is 0 Å². The minimum Gasteiger partial charge on any atom is -0.361 e. The Bertz CT molecular complexity index is 1060. The minimum absolute atomic E-state index is 0.0281. The van der Waals surface area contributed by atoms with E-state index >= 15 is 0 Å². The van der Waals surface area contributed by atoms with E-state index in [0.29, 0.717) is 5.92 Å². The standard InChI is InChI=1S/C26H32FN3O/c1-17(2)26(31)29-22-6-4-18(3)20(14-22)10-13-30-11-8-19(9-12-30)24-16-28-25-7-5-21(27)15-23(24)25/h4-7,14-17,19,28H,8-13H2,1-3H3,(H,29,31). The Morgan fingerprint density at radius 3 is 2.71 bits per heavy atom. The topological polar surface area (TPSA) is 48.1 Å². The van der Waals surface area contributed by atoms with Crippen LogP contribution < -0.4 is 5.32 Å². The molecule has 2 N–H and O–H groups in total. The lowest BCUT2D eigenvalue weighted by atomic mass is 9.89. The second-order valence-corrected chi connectivity index (χ2v) is 9.09. The summed E-state index contributed by atoms with van der Waals surface area (Å²) in [5.74, 6) is 0.324. The number of fused-ring (bicyclic) bond motifs is 1. The van der Waals surface area contributed by atoms with Crippen LogP contribution in [-0.4, -0.2) is 35.4 Å². The number of piperidine rings is 1. The van der Waals surface area contributed by atoms with Crippen LogP contribution in [-0.2, 0) is 11.2 Å². The van der Waals surface area contributed by atoms with Gasteiger partial charge in [-0.1, -0.05) is 19.9 Å². The number of halogens is 1. The summed E-state index contributed by atoms with van der Waals surface area (Å²) in [6, 6.07) is 11.2. The second kappa shape index (κ2) is 9.23. The average Bonchev–Trinajstić information content (AvgIpc) is 3.17. The Hall–Kier alpha value is -2.66. The largest absolute Gasteiger partial charge is 0.361 e. The number of carbonyl (C=O) groups excluding carboxylic acids is 1. The van der Waals surface area contributed by atoms with E-state index in [1.54, 1.807) is 6.07 Å². The molecule has 2 heterocycles. The van der Waals surface area contributed by atoms with Crippen molar-refractivity contribution in [1.29, 1.82) is 0 Å². The summed E-state index contributed by atoms with van der Waals surface area (Å²) in [5, 5.41) is 4.03. The summed E-state index contributed by atoms with van der Waals surface area (Å²) in [6.45, 7) is 9.05. The first-order valence-corrected chi connectivity index (χ1v) is 11.3. The average molecular weight is 422 g/mol. The number of nitrogens with zero attached hydrogens (tertiary/aromatic N) is 1. The van der Waals surface area contributed by atoms with Crippen LogP contribution in [0.1, 0.15) is 49.3 Å².